The maximum Gasteiger partial charge on any atom is 0.338 e. The number of carbonyl (C=O) groups excluding carboxylic acids is 1. The van der Waals surface area contributed by atoms with E-state index >= 15 is 0 Å². The molecular formula is C50H58N2O10. The third kappa shape index (κ3) is 13.8. The fourth-order valence-corrected chi connectivity index (χ4v) is 6.57. The minimum Gasteiger partial charge on any atom is -0.496 e. The van der Waals surface area contributed by atoms with Crippen molar-refractivity contribution in [3.05, 3.63) is 187 Å². The summed E-state index contributed by atoms with van der Waals surface area (Å²) < 4.78 is 20.7. The Balaban J connectivity index is 0.000000367. The van der Waals surface area contributed by atoms with Gasteiger partial charge in [-0.3, -0.25) is 20.2 Å². The predicted octanol–water partition coefficient (Wildman–Crippen LogP) is 11.7. The van der Waals surface area contributed by atoms with Gasteiger partial charge in [-0.25, -0.2) is 4.79 Å². The maximum atomic E-state index is 12.0. The van der Waals surface area contributed by atoms with Crippen LogP contribution in [0.1, 0.15) is 73.3 Å². The summed E-state index contributed by atoms with van der Waals surface area (Å²) in [4.78, 5) is 33.4. The Morgan fingerprint density at radius 3 is 1.47 bits per heavy atom. The van der Waals surface area contributed by atoms with Crippen LogP contribution in [0.2, 0.25) is 0 Å². The fourth-order valence-electron chi connectivity index (χ4n) is 6.57. The standard InChI is InChI=1S/C22H19NO5.C21H19NO4.C4H8O.3CH4/c1-27-21-11-10-15(12-16-6-3-4-9-19(16)22(24)28-2)13-20(21)17-7-5-8-18(14-17)23(25)26;1-26-21-10-9-15(11-16-5-2-3-6-18(16)14-23)12-20(21)17-7-4-8-19(13-17)22(24)25;1-2-4-5-3-1;;;/h3-11,13-14H,12H2,1-2H3;2-10,12-13,23H,11,14H2,1H3;1-4H2;3*1H4. The molecule has 0 aromatic heterocycles. The van der Waals surface area contributed by atoms with Crippen LogP contribution in [0, 0.1) is 20.2 Å². The van der Waals surface area contributed by atoms with Crippen molar-refractivity contribution in [1.29, 1.82) is 0 Å². The van der Waals surface area contributed by atoms with Crippen LogP contribution in [0.4, 0.5) is 11.4 Å². The van der Waals surface area contributed by atoms with Gasteiger partial charge in [-0.15, -0.1) is 0 Å². The lowest BCUT2D eigenvalue weighted by Crippen LogP contribution is -2.06. The summed E-state index contributed by atoms with van der Waals surface area (Å²) in [6, 6.07) is 39.4. The summed E-state index contributed by atoms with van der Waals surface area (Å²) in [5.41, 5.74) is 8.29. The zero-order valence-electron chi connectivity index (χ0n) is 33.2. The van der Waals surface area contributed by atoms with Crippen molar-refractivity contribution < 1.29 is 38.7 Å². The van der Waals surface area contributed by atoms with Gasteiger partial charge in [-0.1, -0.05) is 101 Å². The monoisotopic (exact) mass is 846 g/mol. The molecule has 0 unspecified atom stereocenters. The van der Waals surface area contributed by atoms with Crippen molar-refractivity contribution >= 4 is 17.3 Å². The molecule has 1 aliphatic heterocycles. The van der Waals surface area contributed by atoms with Crippen LogP contribution in [0.3, 0.4) is 0 Å². The summed E-state index contributed by atoms with van der Waals surface area (Å²) >= 11 is 0. The van der Waals surface area contributed by atoms with Crippen molar-refractivity contribution in [3.63, 3.8) is 0 Å². The van der Waals surface area contributed by atoms with Crippen LogP contribution < -0.4 is 9.47 Å². The van der Waals surface area contributed by atoms with Gasteiger partial charge in [0.05, 0.1) is 43.3 Å². The molecule has 1 aliphatic rings. The van der Waals surface area contributed by atoms with Gasteiger partial charge < -0.3 is 24.1 Å². The Morgan fingerprint density at radius 1 is 0.597 bits per heavy atom. The summed E-state index contributed by atoms with van der Waals surface area (Å²) in [6.07, 6.45) is 3.72. The molecule has 12 nitrogen and oxygen atoms in total. The Hall–Kier alpha value is -6.89. The molecule has 0 saturated carbocycles. The number of hydrogen-bond acceptors (Lipinski definition) is 10. The number of carbonyl (C=O) groups is 1. The Kier molecular flexibility index (Phi) is 21.2. The number of nitro benzene ring substituents is 2. The first-order valence-electron chi connectivity index (χ1n) is 18.9. The molecule has 1 heterocycles. The molecule has 0 atom stereocenters. The average molecular weight is 847 g/mol. The lowest BCUT2D eigenvalue weighted by atomic mass is 9.96. The smallest absolute Gasteiger partial charge is 0.338 e. The molecule has 1 N–H and O–H groups in total. The third-order valence-corrected chi connectivity index (χ3v) is 9.59. The van der Waals surface area contributed by atoms with Crippen molar-refractivity contribution in [2.24, 2.45) is 0 Å². The van der Waals surface area contributed by atoms with E-state index in [-0.39, 0.29) is 46.2 Å². The average Bonchev–Trinajstić information content (AvgIpc) is 3.88. The van der Waals surface area contributed by atoms with E-state index in [1.54, 1.807) is 50.6 Å². The topological polar surface area (TPSA) is 161 Å². The van der Waals surface area contributed by atoms with Gasteiger partial charge in [0.2, 0.25) is 0 Å². The normalized spacial score (nSPS) is 11.0. The molecule has 0 bridgehead atoms. The van der Waals surface area contributed by atoms with E-state index in [9.17, 15) is 30.1 Å². The van der Waals surface area contributed by atoms with Crippen molar-refractivity contribution in [2.75, 3.05) is 34.5 Å². The number of rotatable bonds is 12. The molecule has 0 spiro atoms. The molecule has 7 rings (SSSR count). The highest BCUT2D eigenvalue weighted by Crippen LogP contribution is 2.35. The van der Waals surface area contributed by atoms with Gasteiger partial charge in [-0.05, 0) is 95.0 Å². The zero-order valence-corrected chi connectivity index (χ0v) is 33.2. The lowest BCUT2D eigenvalue weighted by Gasteiger charge is -2.13. The van der Waals surface area contributed by atoms with Gasteiger partial charge in [0.15, 0.2) is 0 Å². The Morgan fingerprint density at radius 2 is 1.05 bits per heavy atom. The highest BCUT2D eigenvalue weighted by Gasteiger charge is 2.16. The first-order chi connectivity index (χ1) is 28.6. The van der Waals surface area contributed by atoms with Gasteiger partial charge in [-0.2, -0.15) is 0 Å². The van der Waals surface area contributed by atoms with Crippen LogP contribution in [0.5, 0.6) is 11.5 Å². The van der Waals surface area contributed by atoms with Crippen LogP contribution in [-0.2, 0) is 28.9 Å². The van der Waals surface area contributed by atoms with Crippen molar-refractivity contribution in [3.8, 4) is 33.8 Å². The molecule has 62 heavy (non-hydrogen) atoms. The third-order valence-electron chi connectivity index (χ3n) is 9.59. The number of ether oxygens (including phenoxy) is 4. The number of nitro groups is 2. The second kappa shape index (κ2) is 25.7. The first kappa shape index (κ1) is 51.3. The van der Waals surface area contributed by atoms with Gasteiger partial charge >= 0.3 is 5.97 Å². The highest BCUT2D eigenvalue weighted by molar-refractivity contribution is 5.91. The lowest BCUT2D eigenvalue weighted by molar-refractivity contribution is -0.385. The fraction of sp³-hybridized carbons (Fsp3) is 0.260. The second-order valence-corrected chi connectivity index (χ2v) is 13.4. The molecule has 6 aromatic carbocycles. The van der Waals surface area contributed by atoms with E-state index in [1.807, 2.05) is 78.9 Å². The minimum absolute atomic E-state index is 0. The van der Waals surface area contributed by atoms with Crippen LogP contribution in [-0.4, -0.2) is 55.5 Å². The van der Waals surface area contributed by atoms with Crippen LogP contribution in [0.25, 0.3) is 22.3 Å². The second-order valence-electron chi connectivity index (χ2n) is 13.4. The first-order valence-corrected chi connectivity index (χ1v) is 18.9. The van der Waals surface area contributed by atoms with Gasteiger partial charge in [0.25, 0.3) is 11.4 Å². The van der Waals surface area contributed by atoms with Crippen molar-refractivity contribution in [1.82, 2.24) is 0 Å². The largest absolute Gasteiger partial charge is 0.496 e. The number of aliphatic hydroxyl groups is 1. The van der Waals surface area contributed by atoms with E-state index in [4.69, 9.17) is 18.9 Å². The molecule has 12 heteroatoms. The van der Waals surface area contributed by atoms with Crippen molar-refractivity contribution in [2.45, 2.75) is 54.6 Å². The molecule has 0 radical (unpaired) electrons. The SMILES string of the molecule is C.C.C.C1CCOC1.COC(=O)c1ccccc1Cc1ccc(OC)c(-c2cccc([N+](=O)[O-])c2)c1.COc1ccc(Cc2ccccc2CO)cc1-c1cccc([N+](=O)[O-])c1. The number of nitrogens with zero attached hydrogens (tertiary/aromatic N) is 2. The van der Waals surface area contributed by atoms with Crippen LogP contribution >= 0.6 is 0 Å². The quantitative estimate of drug-likeness (QED) is 0.0713. The molecule has 0 aliphatic carbocycles. The number of hydrogen-bond donors (Lipinski definition) is 1. The number of benzene rings is 6. The molecule has 1 saturated heterocycles. The Bertz CT molecular complexity index is 2370. The zero-order chi connectivity index (χ0) is 42.1. The van der Waals surface area contributed by atoms with E-state index in [2.05, 4.69) is 0 Å². The molecule has 328 valence electrons. The van der Waals surface area contributed by atoms with E-state index in [1.165, 1.54) is 38.2 Å². The summed E-state index contributed by atoms with van der Waals surface area (Å²) in [5, 5.41) is 31.7. The predicted molar refractivity (Wildman–Crippen MR) is 246 cm³/mol. The van der Waals surface area contributed by atoms with Gasteiger partial charge in [0.1, 0.15) is 11.5 Å². The number of aliphatic hydroxyl groups excluding tert-OH is 1. The minimum atomic E-state index is -0.424. The van der Waals surface area contributed by atoms with Crippen LogP contribution in [0.15, 0.2) is 133 Å². The van der Waals surface area contributed by atoms with E-state index in [0.717, 1.165) is 57.7 Å². The molecule has 6 aromatic rings. The maximum absolute atomic E-state index is 12.0. The number of non-ortho nitro benzene ring substituents is 2. The summed E-state index contributed by atoms with van der Waals surface area (Å²) in [6.45, 7) is 1.99. The summed E-state index contributed by atoms with van der Waals surface area (Å²) in [5.74, 6) is 0.887. The van der Waals surface area contributed by atoms with E-state index in [0.29, 0.717) is 35.5 Å². The van der Waals surface area contributed by atoms with E-state index < -0.39 is 9.85 Å². The molecule has 1 fully saturated rings. The highest BCUT2D eigenvalue weighted by atomic mass is 16.6. The number of esters is 1. The molecule has 0 amide bonds. The van der Waals surface area contributed by atoms with Gasteiger partial charge in [0, 0.05) is 48.6 Å². The molecular weight excluding hydrogens is 789 g/mol. The Labute approximate surface area is 365 Å². The number of methoxy groups -OCH3 is 3. The summed E-state index contributed by atoms with van der Waals surface area (Å²) in [7, 11) is 4.49.